The van der Waals surface area contributed by atoms with E-state index < -0.39 is 0 Å². The van der Waals surface area contributed by atoms with Gasteiger partial charge in [-0.3, -0.25) is 4.90 Å². The van der Waals surface area contributed by atoms with Crippen LogP contribution < -0.4 is 10.1 Å². The van der Waals surface area contributed by atoms with Gasteiger partial charge in [-0.25, -0.2) is 4.79 Å². The van der Waals surface area contributed by atoms with Crippen LogP contribution in [0.5, 0.6) is 5.75 Å². The van der Waals surface area contributed by atoms with E-state index in [1.165, 1.54) is 0 Å². The third kappa shape index (κ3) is 5.61. The molecule has 2 amide bonds. The lowest BCUT2D eigenvalue weighted by Gasteiger charge is -2.43. The minimum absolute atomic E-state index is 0.0435. The summed E-state index contributed by atoms with van der Waals surface area (Å²) in [5.74, 6) is 0.824. The Balaban J connectivity index is 1.81. The van der Waals surface area contributed by atoms with E-state index in [9.17, 15) is 4.79 Å². The number of hydrogen-bond donors (Lipinski definition) is 1. The van der Waals surface area contributed by atoms with Crippen molar-refractivity contribution < 1.29 is 9.53 Å². The highest BCUT2D eigenvalue weighted by molar-refractivity contribution is 5.73. The van der Waals surface area contributed by atoms with Crippen LogP contribution in [-0.4, -0.2) is 80.2 Å². The van der Waals surface area contributed by atoms with Crippen molar-refractivity contribution in [3.8, 4) is 5.75 Å². The zero-order chi connectivity index (χ0) is 18.4. The summed E-state index contributed by atoms with van der Waals surface area (Å²) in [4.78, 5) is 18.9. The smallest absolute Gasteiger partial charge is 0.317 e. The molecule has 0 bridgehead atoms. The Morgan fingerprint density at radius 2 is 1.80 bits per heavy atom. The third-order valence-electron chi connectivity index (χ3n) is 4.96. The molecular weight excluding hydrogens is 316 g/mol. The maximum Gasteiger partial charge on any atom is 0.317 e. The first-order valence-corrected chi connectivity index (χ1v) is 8.87. The number of nitrogens with zero attached hydrogens (tertiary/aromatic N) is 3. The summed E-state index contributed by atoms with van der Waals surface area (Å²) >= 11 is 0. The predicted octanol–water partition coefficient (Wildman–Crippen LogP) is 1.86. The van der Waals surface area contributed by atoms with Crippen molar-refractivity contribution in [2.75, 3.05) is 53.9 Å². The summed E-state index contributed by atoms with van der Waals surface area (Å²) in [7, 11) is 5.62. The summed E-state index contributed by atoms with van der Waals surface area (Å²) in [5, 5.41) is 3.08. The topological polar surface area (TPSA) is 48.1 Å². The summed E-state index contributed by atoms with van der Waals surface area (Å²) in [5.41, 5.74) is 1.04. The van der Waals surface area contributed by atoms with Gasteiger partial charge in [-0.2, -0.15) is 0 Å². The SMILES string of the molecule is COc1ccc(CN(C)C(=O)NCC(C)(C)N2CCN(C)CC2)cc1. The first-order valence-electron chi connectivity index (χ1n) is 8.87. The molecule has 1 saturated heterocycles. The number of ether oxygens (including phenoxy) is 1. The van der Waals surface area contributed by atoms with Gasteiger partial charge in [0, 0.05) is 51.9 Å². The molecule has 140 valence electrons. The van der Waals surface area contributed by atoms with Gasteiger partial charge in [-0.05, 0) is 38.6 Å². The third-order valence-corrected chi connectivity index (χ3v) is 4.96. The van der Waals surface area contributed by atoms with Gasteiger partial charge in [0.2, 0.25) is 0 Å². The van der Waals surface area contributed by atoms with Crippen molar-refractivity contribution in [2.24, 2.45) is 0 Å². The van der Waals surface area contributed by atoms with E-state index in [-0.39, 0.29) is 11.6 Å². The number of amides is 2. The Bertz CT molecular complexity index is 551. The first-order chi connectivity index (χ1) is 11.8. The maximum atomic E-state index is 12.4. The number of piperazine rings is 1. The highest BCUT2D eigenvalue weighted by Gasteiger charge is 2.29. The maximum absolute atomic E-state index is 12.4. The standard InChI is InChI=1S/C19H32N4O2/c1-19(2,23-12-10-21(3)11-13-23)15-20-18(24)22(4)14-16-6-8-17(25-5)9-7-16/h6-9H,10-15H2,1-5H3,(H,20,24). The number of urea groups is 1. The lowest BCUT2D eigenvalue weighted by atomic mass is 10.0. The molecule has 25 heavy (non-hydrogen) atoms. The molecule has 6 nitrogen and oxygen atoms in total. The molecule has 1 aromatic rings. The molecule has 1 fully saturated rings. The van der Waals surface area contributed by atoms with E-state index in [1.54, 1.807) is 12.0 Å². The van der Waals surface area contributed by atoms with Crippen LogP contribution in [0, 0.1) is 0 Å². The van der Waals surface area contributed by atoms with Crippen molar-refractivity contribution in [1.82, 2.24) is 20.0 Å². The minimum Gasteiger partial charge on any atom is -0.497 e. The minimum atomic E-state index is -0.0438. The second-order valence-electron chi connectivity index (χ2n) is 7.47. The molecule has 0 aromatic heterocycles. The Hall–Kier alpha value is -1.79. The van der Waals surface area contributed by atoms with Crippen molar-refractivity contribution in [1.29, 1.82) is 0 Å². The number of methoxy groups -OCH3 is 1. The van der Waals surface area contributed by atoms with Gasteiger partial charge in [-0.15, -0.1) is 0 Å². The van der Waals surface area contributed by atoms with Crippen LogP contribution in [-0.2, 0) is 6.54 Å². The molecule has 0 atom stereocenters. The van der Waals surface area contributed by atoms with Gasteiger partial charge in [0.25, 0.3) is 0 Å². The summed E-state index contributed by atoms with van der Waals surface area (Å²) in [6.45, 7) is 9.85. The largest absolute Gasteiger partial charge is 0.497 e. The van der Waals surface area contributed by atoms with Crippen molar-refractivity contribution in [3.05, 3.63) is 29.8 Å². The van der Waals surface area contributed by atoms with E-state index in [4.69, 9.17) is 4.74 Å². The zero-order valence-electron chi connectivity index (χ0n) is 16.2. The summed E-state index contributed by atoms with van der Waals surface area (Å²) in [6, 6.07) is 7.75. The van der Waals surface area contributed by atoms with Crippen LogP contribution in [0.4, 0.5) is 4.79 Å². The van der Waals surface area contributed by atoms with E-state index in [0.717, 1.165) is 37.5 Å². The lowest BCUT2D eigenvalue weighted by molar-refractivity contribution is 0.0624. The molecule has 0 saturated carbocycles. The summed E-state index contributed by atoms with van der Waals surface area (Å²) in [6.07, 6.45) is 0. The van der Waals surface area contributed by atoms with E-state index in [2.05, 4.69) is 36.0 Å². The number of rotatable bonds is 6. The Labute approximate surface area is 151 Å². The molecule has 0 spiro atoms. The highest BCUT2D eigenvalue weighted by Crippen LogP contribution is 2.16. The number of carbonyl (C=O) groups excluding carboxylic acids is 1. The van der Waals surface area contributed by atoms with Crippen molar-refractivity contribution in [3.63, 3.8) is 0 Å². The fraction of sp³-hybridized carbons (Fsp3) is 0.632. The molecule has 0 radical (unpaired) electrons. The molecule has 1 aromatic carbocycles. The second kappa shape index (κ2) is 8.54. The van der Waals surface area contributed by atoms with Crippen LogP contribution in [0.15, 0.2) is 24.3 Å². The number of benzene rings is 1. The Morgan fingerprint density at radius 3 is 2.36 bits per heavy atom. The highest BCUT2D eigenvalue weighted by atomic mass is 16.5. The van der Waals surface area contributed by atoms with Gasteiger partial charge in [0.05, 0.1) is 7.11 Å². The van der Waals surface area contributed by atoms with Crippen molar-refractivity contribution in [2.45, 2.75) is 25.9 Å². The molecule has 0 unspecified atom stereocenters. The van der Waals surface area contributed by atoms with Crippen molar-refractivity contribution >= 4 is 6.03 Å². The van der Waals surface area contributed by atoms with Gasteiger partial charge in [0.1, 0.15) is 5.75 Å². The predicted molar refractivity (Wildman–Crippen MR) is 101 cm³/mol. The van der Waals surface area contributed by atoms with E-state index in [0.29, 0.717) is 13.1 Å². The average Bonchev–Trinajstić information content (AvgIpc) is 2.60. The van der Waals surface area contributed by atoms with Crippen LogP contribution in [0.2, 0.25) is 0 Å². The molecule has 1 aliphatic heterocycles. The number of carbonyl (C=O) groups is 1. The first kappa shape index (κ1) is 19.5. The molecular formula is C19H32N4O2. The van der Waals surface area contributed by atoms with Crippen LogP contribution in [0.25, 0.3) is 0 Å². The van der Waals surface area contributed by atoms with E-state index in [1.807, 2.05) is 31.3 Å². The summed E-state index contributed by atoms with van der Waals surface area (Å²) < 4.78 is 5.16. The normalized spacial score (nSPS) is 16.5. The van der Waals surface area contributed by atoms with E-state index >= 15 is 0 Å². The zero-order valence-corrected chi connectivity index (χ0v) is 16.2. The van der Waals surface area contributed by atoms with Crippen LogP contribution >= 0.6 is 0 Å². The molecule has 1 aliphatic rings. The Morgan fingerprint density at radius 1 is 1.20 bits per heavy atom. The fourth-order valence-electron chi connectivity index (χ4n) is 3.03. The monoisotopic (exact) mass is 348 g/mol. The number of hydrogen-bond acceptors (Lipinski definition) is 4. The number of nitrogens with one attached hydrogen (secondary N) is 1. The second-order valence-corrected chi connectivity index (χ2v) is 7.47. The van der Waals surface area contributed by atoms with Gasteiger partial charge >= 0.3 is 6.03 Å². The fourth-order valence-corrected chi connectivity index (χ4v) is 3.03. The van der Waals surface area contributed by atoms with Gasteiger partial charge in [-0.1, -0.05) is 12.1 Å². The molecule has 2 rings (SSSR count). The van der Waals surface area contributed by atoms with Gasteiger partial charge in [0.15, 0.2) is 0 Å². The van der Waals surface area contributed by atoms with Gasteiger partial charge < -0.3 is 19.9 Å². The Kier molecular flexibility index (Phi) is 6.67. The molecule has 0 aliphatic carbocycles. The molecule has 1 heterocycles. The molecule has 1 N–H and O–H groups in total. The number of likely N-dealkylation sites (N-methyl/N-ethyl adjacent to an activating group) is 1. The van der Waals surface area contributed by atoms with Crippen LogP contribution in [0.3, 0.4) is 0 Å². The average molecular weight is 348 g/mol. The van der Waals surface area contributed by atoms with Crippen LogP contribution in [0.1, 0.15) is 19.4 Å². The molecule has 6 heteroatoms. The quantitative estimate of drug-likeness (QED) is 0.853. The lowest BCUT2D eigenvalue weighted by Crippen LogP contribution is -2.58.